The maximum absolute atomic E-state index is 12.8. The van der Waals surface area contributed by atoms with E-state index in [-0.39, 0.29) is 12.2 Å². The van der Waals surface area contributed by atoms with E-state index in [1.54, 1.807) is 31.2 Å². The quantitative estimate of drug-likeness (QED) is 0.783. The highest BCUT2D eigenvalue weighted by Crippen LogP contribution is 2.46. The van der Waals surface area contributed by atoms with Crippen LogP contribution in [0.2, 0.25) is 0 Å². The Morgan fingerprint density at radius 2 is 1.94 bits per heavy atom. The summed E-state index contributed by atoms with van der Waals surface area (Å²) < 4.78 is 38.4. The van der Waals surface area contributed by atoms with E-state index < -0.39 is 18.0 Å². The predicted molar refractivity (Wildman–Crippen MR) is 62.4 cm³/mol. The number of aryl methyl sites for hydroxylation is 1. The molecule has 1 nitrogen and oxygen atoms in total. The van der Waals surface area contributed by atoms with Crippen molar-refractivity contribution in [3.63, 3.8) is 0 Å². The Kier molecular flexibility index (Phi) is 3.21. The van der Waals surface area contributed by atoms with Gasteiger partial charge in [0.15, 0.2) is 0 Å². The van der Waals surface area contributed by atoms with E-state index in [0.717, 1.165) is 5.56 Å². The van der Waals surface area contributed by atoms with Gasteiger partial charge in [0, 0.05) is 6.42 Å². The highest BCUT2D eigenvalue weighted by molar-refractivity contribution is 5.92. The van der Waals surface area contributed by atoms with Gasteiger partial charge in [-0.15, -0.1) is 0 Å². The smallest absolute Gasteiger partial charge is 0.299 e. The van der Waals surface area contributed by atoms with Gasteiger partial charge < -0.3 is 0 Å². The zero-order valence-electron chi connectivity index (χ0n) is 10.2. The van der Waals surface area contributed by atoms with Gasteiger partial charge in [0.1, 0.15) is 5.78 Å². The molecule has 0 radical (unpaired) electrons. The van der Waals surface area contributed by atoms with Crippen molar-refractivity contribution >= 4 is 5.78 Å². The molecule has 0 aromatic heterocycles. The summed E-state index contributed by atoms with van der Waals surface area (Å²) in [7, 11) is 0. The van der Waals surface area contributed by atoms with Crippen LogP contribution in [0.4, 0.5) is 13.2 Å². The number of benzene rings is 1. The Morgan fingerprint density at radius 3 is 2.44 bits per heavy atom. The summed E-state index contributed by atoms with van der Waals surface area (Å²) in [5.74, 6) is -0.269. The minimum atomic E-state index is -4.32. The lowest BCUT2D eigenvalue weighted by atomic mass is 9.73. The molecule has 0 heterocycles. The van der Waals surface area contributed by atoms with Gasteiger partial charge in [-0.1, -0.05) is 24.3 Å². The summed E-state index contributed by atoms with van der Waals surface area (Å²) in [5, 5.41) is 0. The maximum atomic E-state index is 12.8. The molecule has 0 spiro atoms. The number of ketones is 1. The molecule has 0 amide bonds. The molecule has 4 heteroatoms. The lowest BCUT2D eigenvalue weighted by molar-refractivity contribution is -0.155. The van der Waals surface area contributed by atoms with E-state index in [9.17, 15) is 18.0 Å². The third-order valence-corrected chi connectivity index (χ3v) is 3.70. The maximum Gasteiger partial charge on any atom is 0.390 e. The summed E-state index contributed by atoms with van der Waals surface area (Å²) in [4.78, 5) is 12.0. The third kappa shape index (κ3) is 2.28. The van der Waals surface area contributed by atoms with E-state index in [2.05, 4.69) is 0 Å². The van der Waals surface area contributed by atoms with Gasteiger partial charge in [-0.2, -0.15) is 13.2 Å². The number of rotatable bonds is 2. The Bertz CT molecular complexity index is 464. The lowest BCUT2D eigenvalue weighted by Crippen LogP contribution is -2.37. The molecule has 1 aromatic rings. The largest absolute Gasteiger partial charge is 0.390 e. The van der Waals surface area contributed by atoms with Gasteiger partial charge in [0.2, 0.25) is 0 Å². The molecule has 18 heavy (non-hydrogen) atoms. The Hall–Kier alpha value is -1.32. The van der Waals surface area contributed by atoms with Crippen LogP contribution in [0.3, 0.4) is 0 Å². The van der Waals surface area contributed by atoms with Crippen LogP contribution in [0.1, 0.15) is 36.8 Å². The van der Waals surface area contributed by atoms with Crippen LogP contribution in [0.5, 0.6) is 0 Å². The summed E-state index contributed by atoms with van der Waals surface area (Å²) >= 11 is 0. The van der Waals surface area contributed by atoms with Crippen LogP contribution in [0, 0.1) is 6.92 Å². The number of alkyl halides is 3. The molecule has 1 aromatic carbocycles. The fraction of sp³-hybridized carbons (Fsp3) is 0.500. The van der Waals surface area contributed by atoms with Crippen LogP contribution in [0.25, 0.3) is 0 Å². The SMILES string of the molecule is Cc1ccccc1C1(CC(F)(F)F)CCCC1=O. The Morgan fingerprint density at radius 1 is 1.28 bits per heavy atom. The van der Waals surface area contributed by atoms with Gasteiger partial charge >= 0.3 is 6.18 Å². The van der Waals surface area contributed by atoms with Crippen LogP contribution in [0.15, 0.2) is 24.3 Å². The van der Waals surface area contributed by atoms with Crippen molar-refractivity contribution < 1.29 is 18.0 Å². The first kappa shape index (κ1) is 13.1. The second-order valence-electron chi connectivity index (χ2n) is 4.97. The molecule has 1 aliphatic rings. The van der Waals surface area contributed by atoms with Gasteiger partial charge in [-0.05, 0) is 30.9 Å². The van der Waals surface area contributed by atoms with Crippen molar-refractivity contribution in [1.82, 2.24) is 0 Å². The number of carbonyl (C=O) groups is 1. The first-order valence-electron chi connectivity index (χ1n) is 6.01. The van der Waals surface area contributed by atoms with Crippen molar-refractivity contribution in [1.29, 1.82) is 0 Å². The minimum absolute atomic E-state index is 0.254. The van der Waals surface area contributed by atoms with Gasteiger partial charge in [-0.3, -0.25) is 4.79 Å². The second kappa shape index (κ2) is 4.41. The standard InChI is InChI=1S/C14H15F3O/c1-10-5-2-3-6-11(10)13(9-14(15,16)17)8-4-7-12(13)18/h2-3,5-6H,4,7-9H2,1H3. The molecule has 0 N–H and O–H groups in total. The van der Waals surface area contributed by atoms with Crippen molar-refractivity contribution in [2.45, 2.75) is 44.2 Å². The first-order valence-corrected chi connectivity index (χ1v) is 6.01. The Balaban J connectivity index is 2.50. The zero-order chi connectivity index (χ0) is 13.4. The number of halogens is 3. The van der Waals surface area contributed by atoms with Gasteiger partial charge in [0.25, 0.3) is 0 Å². The summed E-state index contributed by atoms with van der Waals surface area (Å²) in [5.41, 5.74) is -0.0364. The average Bonchev–Trinajstić information content (AvgIpc) is 2.59. The zero-order valence-corrected chi connectivity index (χ0v) is 10.2. The molecule has 0 saturated heterocycles. The average molecular weight is 256 g/mol. The molecule has 0 bridgehead atoms. The molecule has 1 fully saturated rings. The normalized spacial score (nSPS) is 24.6. The van der Waals surface area contributed by atoms with Crippen molar-refractivity contribution in [2.24, 2.45) is 0 Å². The molecular formula is C14H15F3O. The van der Waals surface area contributed by atoms with Crippen LogP contribution < -0.4 is 0 Å². The first-order chi connectivity index (χ1) is 8.35. The Labute approximate surface area is 104 Å². The van der Waals surface area contributed by atoms with Crippen LogP contribution >= 0.6 is 0 Å². The lowest BCUT2D eigenvalue weighted by Gasteiger charge is -2.30. The van der Waals surface area contributed by atoms with E-state index >= 15 is 0 Å². The number of hydrogen-bond acceptors (Lipinski definition) is 1. The van der Waals surface area contributed by atoms with Crippen LogP contribution in [-0.2, 0) is 10.2 Å². The number of Topliss-reactive ketones (excluding diaryl/α,β-unsaturated/α-hetero) is 1. The molecule has 98 valence electrons. The van der Waals surface area contributed by atoms with E-state index in [1.807, 2.05) is 0 Å². The fourth-order valence-electron chi connectivity index (χ4n) is 2.95. The topological polar surface area (TPSA) is 17.1 Å². The monoisotopic (exact) mass is 256 g/mol. The molecular weight excluding hydrogens is 241 g/mol. The molecule has 1 unspecified atom stereocenters. The van der Waals surface area contributed by atoms with Crippen molar-refractivity contribution in [3.8, 4) is 0 Å². The van der Waals surface area contributed by atoms with Crippen LogP contribution in [-0.4, -0.2) is 12.0 Å². The van der Waals surface area contributed by atoms with Gasteiger partial charge in [0.05, 0.1) is 11.8 Å². The van der Waals surface area contributed by atoms with Crippen molar-refractivity contribution in [3.05, 3.63) is 35.4 Å². The fourth-order valence-corrected chi connectivity index (χ4v) is 2.95. The number of hydrogen-bond donors (Lipinski definition) is 0. The third-order valence-electron chi connectivity index (χ3n) is 3.70. The summed E-state index contributed by atoms with van der Waals surface area (Å²) in [6.45, 7) is 1.76. The van der Waals surface area contributed by atoms with E-state index in [1.165, 1.54) is 0 Å². The van der Waals surface area contributed by atoms with Crippen molar-refractivity contribution in [2.75, 3.05) is 0 Å². The highest BCUT2D eigenvalue weighted by atomic mass is 19.4. The molecule has 1 saturated carbocycles. The molecule has 2 rings (SSSR count). The predicted octanol–water partition coefficient (Wildman–Crippen LogP) is 3.94. The molecule has 1 atom stereocenters. The second-order valence-corrected chi connectivity index (χ2v) is 4.97. The van der Waals surface area contributed by atoms with E-state index in [0.29, 0.717) is 18.4 Å². The minimum Gasteiger partial charge on any atom is -0.299 e. The molecule has 0 aliphatic heterocycles. The highest BCUT2D eigenvalue weighted by Gasteiger charge is 2.51. The number of carbonyl (C=O) groups excluding carboxylic acids is 1. The van der Waals surface area contributed by atoms with E-state index in [4.69, 9.17) is 0 Å². The molecule has 1 aliphatic carbocycles. The van der Waals surface area contributed by atoms with Gasteiger partial charge in [-0.25, -0.2) is 0 Å². The summed E-state index contributed by atoms with van der Waals surface area (Å²) in [6, 6.07) is 6.90. The summed E-state index contributed by atoms with van der Waals surface area (Å²) in [6.07, 6.45) is -4.25.